The molecule has 1 saturated heterocycles. The number of nitrogen functional groups attached to an aromatic ring is 1. The molecule has 7 atom stereocenters. The summed E-state index contributed by atoms with van der Waals surface area (Å²) in [4.78, 5) is 61.7. The minimum Gasteiger partial charge on any atom is -0.462 e. The molecular formula is C46H85N3O15P2. The number of hydrogen-bond acceptors (Lipinski definition) is 15. The number of unbranched alkanes of at least 4 members (excludes halogenated alkanes) is 20. The smallest absolute Gasteiger partial charge is 0.462 e. The summed E-state index contributed by atoms with van der Waals surface area (Å²) in [5, 5.41) is 20.9. The number of carbonyl (C=O) groups excluding carboxylic acids is 2. The Kier molecular flexibility index (Phi) is 31.0. The van der Waals surface area contributed by atoms with E-state index in [1.165, 1.54) is 95.7 Å². The van der Waals surface area contributed by atoms with Crippen LogP contribution in [0.5, 0.6) is 0 Å². The zero-order chi connectivity index (χ0) is 48.8. The molecule has 1 aromatic rings. The van der Waals surface area contributed by atoms with Crippen LogP contribution in [0.2, 0.25) is 0 Å². The summed E-state index contributed by atoms with van der Waals surface area (Å²) in [6.07, 6.45) is 21.0. The average Bonchev–Trinajstić information content (AvgIpc) is 3.52. The van der Waals surface area contributed by atoms with Crippen molar-refractivity contribution in [1.82, 2.24) is 9.55 Å². The van der Waals surface area contributed by atoms with Gasteiger partial charge < -0.3 is 39.9 Å². The van der Waals surface area contributed by atoms with Gasteiger partial charge >= 0.3 is 33.3 Å². The maximum absolute atomic E-state index is 12.8. The Morgan fingerprint density at radius 2 is 1.12 bits per heavy atom. The van der Waals surface area contributed by atoms with E-state index in [0.29, 0.717) is 18.8 Å². The zero-order valence-electron chi connectivity index (χ0n) is 40.3. The zero-order valence-corrected chi connectivity index (χ0v) is 42.1. The minimum absolute atomic E-state index is 0.0520. The van der Waals surface area contributed by atoms with E-state index in [9.17, 15) is 43.5 Å². The Balaban J connectivity index is 1.75. The topological polar surface area (TPSA) is 265 Å². The molecule has 20 heteroatoms. The van der Waals surface area contributed by atoms with Crippen LogP contribution in [0.15, 0.2) is 17.1 Å². The van der Waals surface area contributed by atoms with Gasteiger partial charge in [0.1, 0.15) is 30.7 Å². The SMILES string of the molecule is CC(C)CCCCCCCCCCCCCCCCCCC(=O)OC[C@H](COP(=O)(O)OP(=O)(O)OC[C@H]1O[C@@H](n2ccc(N)nc2=O)C(O)[C@H]1O)OC(=O)CCCCCCCCC(C)C. The molecule has 6 N–H and O–H groups in total. The molecule has 0 spiro atoms. The van der Waals surface area contributed by atoms with Gasteiger partial charge in [0, 0.05) is 19.0 Å². The largest absolute Gasteiger partial charge is 0.481 e. The van der Waals surface area contributed by atoms with Gasteiger partial charge in [0.05, 0.1) is 13.2 Å². The first kappa shape index (κ1) is 59.9. The first-order chi connectivity index (χ1) is 31.4. The van der Waals surface area contributed by atoms with Gasteiger partial charge in [-0.1, -0.05) is 169 Å². The van der Waals surface area contributed by atoms with Gasteiger partial charge in [-0.15, -0.1) is 0 Å². The van der Waals surface area contributed by atoms with Crippen LogP contribution in [0, 0.1) is 11.8 Å². The van der Waals surface area contributed by atoms with E-state index in [1.54, 1.807) is 0 Å². The van der Waals surface area contributed by atoms with Gasteiger partial charge in [0.2, 0.25) is 0 Å². The summed E-state index contributed by atoms with van der Waals surface area (Å²) in [5.41, 5.74) is 4.58. The fraction of sp³-hybridized carbons (Fsp3) is 0.870. The van der Waals surface area contributed by atoms with Crippen molar-refractivity contribution >= 4 is 33.4 Å². The van der Waals surface area contributed by atoms with E-state index in [4.69, 9.17) is 29.0 Å². The monoisotopic (exact) mass is 982 g/mol. The Morgan fingerprint density at radius 1 is 0.682 bits per heavy atom. The van der Waals surface area contributed by atoms with Crippen LogP contribution in [-0.4, -0.2) is 85.7 Å². The second-order valence-corrected chi connectivity index (χ2v) is 21.7. The summed E-state index contributed by atoms with van der Waals surface area (Å²) in [6, 6.07) is 1.25. The lowest BCUT2D eigenvalue weighted by Crippen LogP contribution is -2.36. The van der Waals surface area contributed by atoms with E-state index in [2.05, 4.69) is 37.0 Å². The van der Waals surface area contributed by atoms with Crippen molar-refractivity contribution in [3.8, 4) is 0 Å². The lowest BCUT2D eigenvalue weighted by Gasteiger charge is -2.21. The van der Waals surface area contributed by atoms with E-state index in [0.717, 1.165) is 68.3 Å². The van der Waals surface area contributed by atoms with Crippen LogP contribution < -0.4 is 11.4 Å². The summed E-state index contributed by atoms with van der Waals surface area (Å²) < 4.78 is 56.6. The molecule has 1 aliphatic rings. The number of aliphatic hydroxyl groups excluding tert-OH is 2. The molecule has 1 aromatic heterocycles. The molecular weight excluding hydrogens is 896 g/mol. The fourth-order valence-corrected chi connectivity index (χ4v) is 9.79. The van der Waals surface area contributed by atoms with Gasteiger partial charge in [0.25, 0.3) is 0 Å². The lowest BCUT2D eigenvalue weighted by molar-refractivity contribution is -0.161. The van der Waals surface area contributed by atoms with Gasteiger partial charge in [-0.05, 0) is 30.7 Å². The first-order valence-electron chi connectivity index (χ1n) is 24.8. The third-order valence-electron chi connectivity index (χ3n) is 11.5. The summed E-state index contributed by atoms with van der Waals surface area (Å²) >= 11 is 0. The van der Waals surface area contributed by atoms with Crippen molar-refractivity contribution in [2.24, 2.45) is 11.8 Å². The van der Waals surface area contributed by atoms with Crippen molar-refractivity contribution in [3.63, 3.8) is 0 Å². The molecule has 66 heavy (non-hydrogen) atoms. The molecule has 2 rings (SSSR count). The summed E-state index contributed by atoms with van der Waals surface area (Å²) in [5.74, 6) is 0.186. The van der Waals surface area contributed by atoms with Gasteiger partial charge in [-0.25, -0.2) is 13.9 Å². The van der Waals surface area contributed by atoms with Gasteiger partial charge in [-0.2, -0.15) is 9.29 Å². The van der Waals surface area contributed by atoms with Crippen molar-refractivity contribution in [1.29, 1.82) is 0 Å². The molecule has 2 heterocycles. The molecule has 384 valence electrons. The number of hydrogen-bond donors (Lipinski definition) is 5. The molecule has 0 bridgehead atoms. The molecule has 18 nitrogen and oxygen atoms in total. The second-order valence-electron chi connectivity index (χ2n) is 18.6. The van der Waals surface area contributed by atoms with E-state index < -0.39 is 83.7 Å². The molecule has 0 aromatic carbocycles. The van der Waals surface area contributed by atoms with Crippen molar-refractivity contribution in [3.05, 3.63) is 22.7 Å². The van der Waals surface area contributed by atoms with Crippen LogP contribution in [0.25, 0.3) is 0 Å². The number of nitrogens with two attached hydrogens (primary N) is 1. The first-order valence-corrected chi connectivity index (χ1v) is 27.8. The third kappa shape index (κ3) is 28.3. The Bertz CT molecular complexity index is 1630. The number of rotatable bonds is 40. The molecule has 0 amide bonds. The maximum atomic E-state index is 12.8. The molecule has 1 aliphatic heterocycles. The normalized spacial score (nSPS) is 19.8. The Morgan fingerprint density at radius 3 is 1.59 bits per heavy atom. The predicted octanol–water partition coefficient (Wildman–Crippen LogP) is 9.60. The standard InChI is InChI=1S/C46H85N3O15P2/c1-36(2)27-23-19-15-13-11-9-7-5-6-8-10-12-14-16-21-25-29-41(50)59-33-38(62-42(51)30-26-22-18-17-20-24-28-37(3)4)34-60-65(55,56)64-66(57,58)61-35-39-43(52)44(53)45(63-39)49-32-31-40(47)48-46(49)54/h31-32,36-39,43-45,52-53H,5-30,33-35H2,1-4H3,(H,55,56)(H,57,58)(H2,47,48,54)/t38-,39-,43+,44?,45-/m1/s1. The second kappa shape index (κ2) is 34.1. The Hall–Kier alpha value is -2.24. The number of phosphoric acid groups is 2. The van der Waals surface area contributed by atoms with Crippen molar-refractivity contribution in [2.45, 2.75) is 225 Å². The van der Waals surface area contributed by atoms with Crippen molar-refractivity contribution in [2.75, 3.05) is 25.6 Å². The maximum Gasteiger partial charge on any atom is 0.481 e. The van der Waals surface area contributed by atoms with E-state index >= 15 is 0 Å². The quantitative estimate of drug-likeness (QED) is 0.0233. The van der Waals surface area contributed by atoms with Crippen LogP contribution in [-0.2, 0) is 46.3 Å². The number of nitrogens with zero attached hydrogens (tertiary/aromatic N) is 2. The van der Waals surface area contributed by atoms with Gasteiger partial charge in [0.15, 0.2) is 12.3 Å². The highest BCUT2D eigenvalue weighted by Gasteiger charge is 2.46. The Labute approximate surface area is 393 Å². The molecule has 0 aliphatic carbocycles. The van der Waals surface area contributed by atoms with Crippen LogP contribution >= 0.6 is 15.6 Å². The van der Waals surface area contributed by atoms with E-state index in [1.807, 2.05) is 0 Å². The number of anilines is 1. The minimum atomic E-state index is -5.41. The molecule has 3 unspecified atom stereocenters. The highest BCUT2D eigenvalue weighted by Crippen LogP contribution is 2.60. The number of phosphoric ester groups is 2. The highest BCUT2D eigenvalue weighted by molar-refractivity contribution is 7.61. The summed E-state index contributed by atoms with van der Waals surface area (Å²) in [7, 11) is -10.8. The molecule has 1 fully saturated rings. The molecule has 0 radical (unpaired) electrons. The fourth-order valence-electron chi connectivity index (χ4n) is 7.68. The highest BCUT2D eigenvalue weighted by atomic mass is 31.3. The number of carbonyl (C=O) groups is 2. The van der Waals surface area contributed by atoms with E-state index in [-0.39, 0.29) is 18.7 Å². The molecule has 0 saturated carbocycles. The lowest BCUT2D eigenvalue weighted by atomic mass is 10.0. The number of esters is 2. The van der Waals surface area contributed by atoms with Crippen molar-refractivity contribution < 1.29 is 66.3 Å². The van der Waals surface area contributed by atoms with Crippen LogP contribution in [0.3, 0.4) is 0 Å². The summed E-state index contributed by atoms with van der Waals surface area (Å²) in [6.45, 7) is 6.69. The van der Waals surface area contributed by atoms with Crippen LogP contribution in [0.1, 0.15) is 201 Å². The average molecular weight is 982 g/mol. The predicted molar refractivity (Wildman–Crippen MR) is 252 cm³/mol. The number of aromatic nitrogens is 2. The van der Waals surface area contributed by atoms with Gasteiger partial charge in [-0.3, -0.25) is 23.2 Å². The number of ether oxygens (including phenoxy) is 3. The number of aliphatic hydroxyl groups is 2. The third-order valence-corrected chi connectivity index (χ3v) is 14.1. The van der Waals surface area contributed by atoms with Crippen LogP contribution in [0.4, 0.5) is 5.82 Å².